The molecule has 2 N–H and O–H groups in total. The molecule has 0 radical (unpaired) electrons. The lowest BCUT2D eigenvalue weighted by Crippen LogP contribution is -2.62. The topological polar surface area (TPSA) is 57.4 Å². The molecular weight excluding hydrogens is 346 g/mol. The number of amides is 1. The molecule has 2 atom stereocenters. The zero-order chi connectivity index (χ0) is 18.1. The van der Waals surface area contributed by atoms with Crippen molar-refractivity contribution in [1.29, 1.82) is 0 Å². The maximum absolute atomic E-state index is 12.7. The van der Waals surface area contributed by atoms with E-state index in [2.05, 4.69) is 22.1 Å². The Balaban J connectivity index is 1.39. The van der Waals surface area contributed by atoms with E-state index in [4.69, 9.17) is 4.74 Å². The smallest absolute Gasteiger partial charge is 0.251 e. The summed E-state index contributed by atoms with van der Waals surface area (Å²) >= 11 is 1.62. The van der Waals surface area contributed by atoms with Gasteiger partial charge in [-0.05, 0) is 69.1 Å². The highest BCUT2D eigenvalue weighted by molar-refractivity contribution is 7.99. The summed E-state index contributed by atoms with van der Waals surface area (Å²) in [4.78, 5) is 19.4. The molecule has 2 aromatic rings. The number of aromatic nitrogens is 1. The highest BCUT2D eigenvalue weighted by atomic mass is 32.2. The van der Waals surface area contributed by atoms with Gasteiger partial charge in [0.2, 0.25) is 0 Å². The Labute approximate surface area is 158 Å². The third kappa shape index (κ3) is 3.48. The maximum atomic E-state index is 12.7. The van der Waals surface area contributed by atoms with Crippen LogP contribution in [0, 0.1) is 5.92 Å². The van der Waals surface area contributed by atoms with Crippen LogP contribution in [0.2, 0.25) is 0 Å². The normalized spacial score (nSPS) is 27.3. The Kier molecular flexibility index (Phi) is 4.96. The number of benzene rings is 1. The maximum Gasteiger partial charge on any atom is 0.251 e. The second-order valence-electron chi connectivity index (χ2n) is 7.13. The molecule has 5 rings (SSSR count). The minimum atomic E-state index is 0.0358. The molecule has 26 heavy (non-hydrogen) atoms. The van der Waals surface area contributed by atoms with Gasteiger partial charge < -0.3 is 15.0 Å². The predicted molar refractivity (Wildman–Crippen MR) is 103 cm³/mol. The monoisotopic (exact) mass is 371 g/mol. The van der Waals surface area contributed by atoms with Crippen molar-refractivity contribution in [2.75, 3.05) is 20.2 Å². The number of carbonyl (C=O) groups is 1. The Morgan fingerprint density at radius 2 is 1.92 bits per heavy atom. The number of piperidine rings is 3. The molecule has 0 aliphatic carbocycles. The van der Waals surface area contributed by atoms with Gasteiger partial charge in [0.15, 0.2) is 5.88 Å². The summed E-state index contributed by atoms with van der Waals surface area (Å²) in [6.07, 6.45) is 2.40. The lowest BCUT2D eigenvalue weighted by molar-refractivity contribution is 0.0217. The van der Waals surface area contributed by atoms with Crippen molar-refractivity contribution in [2.45, 2.75) is 41.8 Å². The highest BCUT2D eigenvalue weighted by Crippen LogP contribution is 2.32. The van der Waals surface area contributed by atoms with Crippen LogP contribution in [-0.4, -0.2) is 48.1 Å². The van der Waals surface area contributed by atoms with Crippen LogP contribution in [0.4, 0.5) is 0 Å². The molecule has 6 heteroatoms. The van der Waals surface area contributed by atoms with Gasteiger partial charge in [-0.1, -0.05) is 11.8 Å². The standard InChI is InChI=1S/C20H25N3O2S/c1-13-19(14-9-11-23(13)12-10-14)22-20(24)15-3-5-16(6-4-15)26-18-8-7-17(21-18)25-2/h3-8,13-14,19,21H,9-12H2,1-2H3,(H,22,24). The lowest BCUT2D eigenvalue weighted by atomic mass is 9.79. The van der Waals surface area contributed by atoms with Gasteiger partial charge in [0.25, 0.3) is 5.91 Å². The van der Waals surface area contributed by atoms with E-state index in [0.717, 1.165) is 21.4 Å². The van der Waals surface area contributed by atoms with Gasteiger partial charge in [-0.25, -0.2) is 0 Å². The number of fused-ring (bicyclic) bond motifs is 3. The molecule has 3 aliphatic rings. The summed E-state index contributed by atoms with van der Waals surface area (Å²) in [5.74, 6) is 1.40. The first kappa shape index (κ1) is 17.5. The number of nitrogens with one attached hydrogen (secondary N) is 2. The molecule has 2 unspecified atom stereocenters. The third-order valence-electron chi connectivity index (χ3n) is 5.67. The zero-order valence-electron chi connectivity index (χ0n) is 15.2. The average Bonchev–Trinajstić information content (AvgIpc) is 3.13. The Hall–Kier alpha value is -1.92. The van der Waals surface area contributed by atoms with E-state index in [9.17, 15) is 4.79 Å². The van der Waals surface area contributed by atoms with Crippen LogP contribution in [0.15, 0.2) is 46.3 Å². The number of rotatable bonds is 5. The van der Waals surface area contributed by atoms with E-state index in [1.165, 1.54) is 25.9 Å². The Bertz CT molecular complexity index is 764. The summed E-state index contributed by atoms with van der Waals surface area (Å²) < 4.78 is 5.16. The van der Waals surface area contributed by atoms with Crippen LogP contribution in [0.25, 0.3) is 0 Å². The fourth-order valence-electron chi connectivity index (χ4n) is 4.12. The summed E-state index contributed by atoms with van der Waals surface area (Å²) in [7, 11) is 1.64. The van der Waals surface area contributed by atoms with Gasteiger partial charge in [-0.3, -0.25) is 9.69 Å². The van der Waals surface area contributed by atoms with Crippen LogP contribution in [-0.2, 0) is 0 Å². The number of hydrogen-bond acceptors (Lipinski definition) is 4. The molecule has 1 aromatic carbocycles. The van der Waals surface area contributed by atoms with Gasteiger partial charge in [0, 0.05) is 28.6 Å². The predicted octanol–water partition coefficient (Wildman–Crippen LogP) is 3.39. The zero-order valence-corrected chi connectivity index (χ0v) is 16.0. The molecule has 0 spiro atoms. The number of methoxy groups -OCH3 is 1. The van der Waals surface area contributed by atoms with Crippen molar-refractivity contribution in [3.8, 4) is 5.88 Å². The minimum absolute atomic E-state index is 0.0358. The highest BCUT2D eigenvalue weighted by Gasteiger charge is 2.40. The van der Waals surface area contributed by atoms with Gasteiger partial charge in [0.1, 0.15) is 0 Å². The number of aromatic amines is 1. The molecule has 3 aliphatic heterocycles. The average molecular weight is 372 g/mol. The molecule has 0 saturated carbocycles. The van der Waals surface area contributed by atoms with Crippen molar-refractivity contribution in [1.82, 2.24) is 15.2 Å². The molecule has 4 heterocycles. The second-order valence-corrected chi connectivity index (χ2v) is 8.25. The van der Waals surface area contributed by atoms with Crippen LogP contribution in [0.5, 0.6) is 5.88 Å². The molecule has 3 fully saturated rings. The molecule has 3 saturated heterocycles. The van der Waals surface area contributed by atoms with Crippen molar-refractivity contribution in [3.05, 3.63) is 42.0 Å². The molecule has 1 aromatic heterocycles. The summed E-state index contributed by atoms with van der Waals surface area (Å²) in [5, 5.41) is 4.30. The number of ether oxygens (including phenoxy) is 1. The third-order valence-corrected chi connectivity index (χ3v) is 6.64. The van der Waals surface area contributed by atoms with Crippen LogP contribution in [0.1, 0.15) is 30.1 Å². The fraction of sp³-hybridized carbons (Fsp3) is 0.450. The number of hydrogen-bond donors (Lipinski definition) is 2. The first-order chi connectivity index (χ1) is 12.6. The van der Waals surface area contributed by atoms with Crippen molar-refractivity contribution in [2.24, 2.45) is 5.92 Å². The van der Waals surface area contributed by atoms with E-state index >= 15 is 0 Å². The van der Waals surface area contributed by atoms with E-state index in [0.29, 0.717) is 12.0 Å². The largest absolute Gasteiger partial charge is 0.482 e. The van der Waals surface area contributed by atoms with Crippen LogP contribution < -0.4 is 10.1 Å². The van der Waals surface area contributed by atoms with Crippen LogP contribution in [0.3, 0.4) is 0 Å². The number of carbonyl (C=O) groups excluding carboxylic acids is 1. The van der Waals surface area contributed by atoms with Crippen molar-refractivity contribution >= 4 is 17.7 Å². The number of nitrogens with zero attached hydrogens (tertiary/aromatic N) is 1. The molecule has 2 bridgehead atoms. The summed E-state index contributed by atoms with van der Waals surface area (Å²) in [6.45, 7) is 4.59. The van der Waals surface area contributed by atoms with Crippen molar-refractivity contribution < 1.29 is 9.53 Å². The SMILES string of the molecule is COc1ccc(Sc2ccc(C(=O)NC3C4CCN(CC4)C3C)cc2)[nH]1. The molecule has 138 valence electrons. The van der Waals surface area contributed by atoms with E-state index in [-0.39, 0.29) is 11.9 Å². The van der Waals surface area contributed by atoms with E-state index in [1.54, 1.807) is 18.9 Å². The first-order valence-electron chi connectivity index (χ1n) is 9.20. The Morgan fingerprint density at radius 1 is 1.19 bits per heavy atom. The van der Waals surface area contributed by atoms with E-state index < -0.39 is 0 Å². The first-order valence-corrected chi connectivity index (χ1v) is 10.0. The van der Waals surface area contributed by atoms with Gasteiger partial charge in [0.05, 0.1) is 12.1 Å². The summed E-state index contributed by atoms with van der Waals surface area (Å²) in [6, 6.07) is 12.4. The summed E-state index contributed by atoms with van der Waals surface area (Å²) in [5.41, 5.74) is 0.724. The van der Waals surface area contributed by atoms with E-state index in [1.807, 2.05) is 36.4 Å². The van der Waals surface area contributed by atoms with Crippen LogP contribution >= 0.6 is 11.8 Å². The van der Waals surface area contributed by atoms with Gasteiger partial charge in [-0.2, -0.15) is 0 Å². The van der Waals surface area contributed by atoms with Gasteiger partial charge >= 0.3 is 0 Å². The molecule has 1 amide bonds. The second kappa shape index (κ2) is 7.37. The minimum Gasteiger partial charge on any atom is -0.482 e. The molecule has 5 nitrogen and oxygen atoms in total. The fourth-order valence-corrected chi connectivity index (χ4v) is 4.93. The quantitative estimate of drug-likeness (QED) is 0.846. The van der Waals surface area contributed by atoms with Gasteiger partial charge in [-0.15, -0.1) is 0 Å². The lowest BCUT2D eigenvalue weighted by Gasteiger charge is -2.49. The number of H-pyrrole nitrogens is 1. The molecular formula is C20H25N3O2S. The van der Waals surface area contributed by atoms with Crippen molar-refractivity contribution in [3.63, 3.8) is 0 Å². The Morgan fingerprint density at radius 3 is 2.54 bits per heavy atom.